The zero-order valence-electron chi connectivity index (χ0n) is 21.1. The van der Waals surface area contributed by atoms with Gasteiger partial charge >= 0.3 is 0 Å². The van der Waals surface area contributed by atoms with Crippen LogP contribution in [0.15, 0.2) is 95.9 Å². The molecule has 7 nitrogen and oxygen atoms in total. The van der Waals surface area contributed by atoms with Crippen LogP contribution in [0.3, 0.4) is 0 Å². The summed E-state index contributed by atoms with van der Waals surface area (Å²) in [7, 11) is -1.94. The second-order valence-electron chi connectivity index (χ2n) is 9.26. The van der Waals surface area contributed by atoms with Crippen LogP contribution < -0.4 is 0 Å². The van der Waals surface area contributed by atoms with Gasteiger partial charge in [0.05, 0.1) is 30.0 Å². The standard InChI is InChI=1S/C29H32O7S2/c1-32-29-28(34-18-22-13-7-3-8-14-22)27(33-17-21-11-5-2-6-12-21)26-24(35-29)19-37-25(36-26)20-38(30,31)23-15-9-4-10-16-23/h2-16,24-29H,17-20H2,1H3/t24-,25?,26-,27+,28-,29-/m1/s1. The zero-order chi connectivity index (χ0) is 26.4. The number of fused-ring (bicyclic) bond motifs is 1. The van der Waals surface area contributed by atoms with Crippen molar-refractivity contribution in [3.63, 3.8) is 0 Å². The Morgan fingerprint density at radius 2 is 1.34 bits per heavy atom. The van der Waals surface area contributed by atoms with Gasteiger partial charge in [-0.25, -0.2) is 8.42 Å². The molecule has 1 unspecified atom stereocenters. The lowest BCUT2D eigenvalue weighted by Gasteiger charge is -2.48. The maximum absolute atomic E-state index is 13.1. The van der Waals surface area contributed by atoms with Crippen molar-refractivity contribution in [3.8, 4) is 0 Å². The van der Waals surface area contributed by atoms with Gasteiger partial charge in [-0.05, 0) is 23.3 Å². The minimum absolute atomic E-state index is 0.139. The van der Waals surface area contributed by atoms with Crippen LogP contribution in [0.2, 0.25) is 0 Å². The molecule has 0 radical (unpaired) electrons. The number of ether oxygens (including phenoxy) is 5. The SMILES string of the molecule is CO[C@@H]1O[C@@H]2CSC(CS(=O)(=O)c3ccccc3)O[C@H]2[C@H](OCc2ccccc2)[C@H]1OCc1ccccc1. The highest BCUT2D eigenvalue weighted by Gasteiger charge is 2.51. The molecule has 0 bridgehead atoms. The number of hydrogen-bond donors (Lipinski definition) is 0. The van der Waals surface area contributed by atoms with E-state index in [1.807, 2.05) is 60.7 Å². The third-order valence-electron chi connectivity index (χ3n) is 6.61. The highest BCUT2D eigenvalue weighted by Crippen LogP contribution is 2.38. The third-order valence-corrected chi connectivity index (χ3v) is 9.72. The number of sulfone groups is 1. The molecule has 38 heavy (non-hydrogen) atoms. The average Bonchev–Trinajstić information content (AvgIpc) is 2.96. The Kier molecular flexibility index (Phi) is 9.16. The fraction of sp³-hybridized carbons (Fsp3) is 0.379. The van der Waals surface area contributed by atoms with Crippen molar-refractivity contribution in [2.45, 2.75) is 54.3 Å². The van der Waals surface area contributed by atoms with Crippen molar-refractivity contribution in [2.24, 2.45) is 0 Å². The molecule has 0 aromatic heterocycles. The molecule has 202 valence electrons. The van der Waals surface area contributed by atoms with Gasteiger partial charge in [0.25, 0.3) is 0 Å². The van der Waals surface area contributed by atoms with Crippen molar-refractivity contribution in [2.75, 3.05) is 18.6 Å². The summed E-state index contributed by atoms with van der Waals surface area (Å²) in [6, 6.07) is 28.2. The van der Waals surface area contributed by atoms with E-state index < -0.39 is 39.9 Å². The molecule has 2 heterocycles. The molecule has 2 saturated heterocycles. The molecular formula is C29H32O7S2. The molecule has 2 aliphatic rings. The molecule has 0 aliphatic carbocycles. The number of thioether (sulfide) groups is 1. The Morgan fingerprint density at radius 3 is 1.92 bits per heavy atom. The lowest BCUT2D eigenvalue weighted by molar-refractivity contribution is -0.315. The molecule has 5 rings (SSSR count). The Morgan fingerprint density at radius 1 is 0.789 bits per heavy atom. The van der Waals surface area contributed by atoms with Crippen LogP contribution in [0.25, 0.3) is 0 Å². The summed E-state index contributed by atoms with van der Waals surface area (Å²) in [6.07, 6.45) is -2.64. The van der Waals surface area contributed by atoms with Gasteiger partial charge in [-0.15, -0.1) is 11.8 Å². The van der Waals surface area contributed by atoms with Gasteiger partial charge in [-0.2, -0.15) is 0 Å². The maximum Gasteiger partial charge on any atom is 0.186 e. The Balaban J connectivity index is 1.36. The van der Waals surface area contributed by atoms with Crippen LogP contribution in [0.5, 0.6) is 0 Å². The molecule has 2 aliphatic heterocycles. The summed E-state index contributed by atoms with van der Waals surface area (Å²) < 4.78 is 57.3. The molecule has 0 saturated carbocycles. The van der Waals surface area contributed by atoms with Gasteiger partial charge in [-0.1, -0.05) is 78.9 Å². The van der Waals surface area contributed by atoms with Crippen LogP contribution >= 0.6 is 11.8 Å². The van der Waals surface area contributed by atoms with Crippen molar-refractivity contribution in [3.05, 3.63) is 102 Å². The second-order valence-corrected chi connectivity index (χ2v) is 12.5. The molecule has 0 amide bonds. The molecular weight excluding hydrogens is 524 g/mol. The second kappa shape index (κ2) is 12.7. The van der Waals surface area contributed by atoms with E-state index in [0.29, 0.717) is 19.0 Å². The van der Waals surface area contributed by atoms with Crippen LogP contribution in [0.1, 0.15) is 11.1 Å². The van der Waals surface area contributed by atoms with Crippen LogP contribution in [0, 0.1) is 0 Å². The number of methoxy groups -OCH3 is 1. The summed E-state index contributed by atoms with van der Waals surface area (Å²) in [5.74, 6) is 0.412. The minimum Gasteiger partial charge on any atom is -0.368 e. The van der Waals surface area contributed by atoms with E-state index in [4.69, 9.17) is 23.7 Å². The van der Waals surface area contributed by atoms with Crippen LogP contribution in [-0.2, 0) is 46.7 Å². The van der Waals surface area contributed by atoms with E-state index in [-0.39, 0.29) is 16.8 Å². The first-order valence-electron chi connectivity index (χ1n) is 12.6. The first kappa shape index (κ1) is 27.3. The van der Waals surface area contributed by atoms with Gasteiger partial charge in [0.1, 0.15) is 23.7 Å². The summed E-state index contributed by atoms with van der Waals surface area (Å²) >= 11 is 1.43. The Hall–Kier alpha value is -2.24. The highest BCUT2D eigenvalue weighted by atomic mass is 32.2. The van der Waals surface area contributed by atoms with E-state index in [1.54, 1.807) is 37.4 Å². The van der Waals surface area contributed by atoms with Crippen molar-refractivity contribution < 1.29 is 32.1 Å². The highest BCUT2D eigenvalue weighted by molar-refractivity contribution is 8.01. The summed E-state index contributed by atoms with van der Waals surface area (Å²) in [4.78, 5) is 0.284. The van der Waals surface area contributed by atoms with Gasteiger partial charge in [0.15, 0.2) is 16.1 Å². The number of benzene rings is 3. The van der Waals surface area contributed by atoms with Gasteiger partial charge in [0, 0.05) is 12.9 Å². The third kappa shape index (κ3) is 6.66. The topological polar surface area (TPSA) is 80.3 Å². The molecule has 2 fully saturated rings. The monoisotopic (exact) mass is 556 g/mol. The molecule has 3 aromatic carbocycles. The van der Waals surface area contributed by atoms with Gasteiger partial charge in [-0.3, -0.25) is 0 Å². The van der Waals surface area contributed by atoms with E-state index in [9.17, 15) is 8.42 Å². The molecule has 9 heteroatoms. The van der Waals surface area contributed by atoms with Crippen LogP contribution in [-0.4, -0.2) is 63.2 Å². The first-order chi connectivity index (χ1) is 18.5. The van der Waals surface area contributed by atoms with E-state index >= 15 is 0 Å². The number of hydrogen-bond acceptors (Lipinski definition) is 8. The predicted octanol–water partition coefficient (Wildman–Crippen LogP) is 4.46. The molecule has 0 spiro atoms. The van der Waals surface area contributed by atoms with Gasteiger partial charge < -0.3 is 23.7 Å². The largest absolute Gasteiger partial charge is 0.368 e. The summed E-state index contributed by atoms with van der Waals surface area (Å²) in [5, 5.41) is 0. The quantitative estimate of drug-likeness (QED) is 0.362. The zero-order valence-corrected chi connectivity index (χ0v) is 22.8. The fourth-order valence-corrected chi connectivity index (χ4v) is 7.68. The van der Waals surface area contributed by atoms with E-state index in [2.05, 4.69) is 0 Å². The maximum atomic E-state index is 13.1. The van der Waals surface area contributed by atoms with Crippen molar-refractivity contribution >= 4 is 21.6 Å². The summed E-state index contributed by atoms with van der Waals surface area (Å²) in [5.41, 5.74) is 1.46. The normalized spacial score (nSPS) is 27.5. The van der Waals surface area contributed by atoms with E-state index in [0.717, 1.165) is 11.1 Å². The minimum atomic E-state index is -3.53. The van der Waals surface area contributed by atoms with E-state index in [1.165, 1.54) is 11.8 Å². The average molecular weight is 557 g/mol. The molecule has 3 aromatic rings. The Bertz CT molecular complexity index is 1240. The van der Waals surface area contributed by atoms with Crippen molar-refractivity contribution in [1.82, 2.24) is 0 Å². The number of rotatable bonds is 10. The predicted molar refractivity (Wildman–Crippen MR) is 145 cm³/mol. The van der Waals surface area contributed by atoms with Crippen LogP contribution in [0.4, 0.5) is 0 Å². The molecule has 0 N–H and O–H groups in total. The lowest BCUT2D eigenvalue weighted by atomic mass is 9.98. The van der Waals surface area contributed by atoms with Gasteiger partial charge in [0.2, 0.25) is 0 Å². The fourth-order valence-electron chi connectivity index (χ4n) is 4.67. The smallest absolute Gasteiger partial charge is 0.186 e. The lowest BCUT2D eigenvalue weighted by Crippen LogP contribution is -2.63. The summed E-state index contributed by atoms with van der Waals surface area (Å²) in [6.45, 7) is 0.692. The first-order valence-corrected chi connectivity index (χ1v) is 15.3. The molecule has 6 atom stereocenters. The van der Waals surface area contributed by atoms with Crippen molar-refractivity contribution in [1.29, 1.82) is 0 Å². The Labute approximate surface area is 228 Å².